The van der Waals surface area contributed by atoms with E-state index < -0.39 is 14.5 Å². The molecule has 0 aliphatic rings. The quantitative estimate of drug-likeness (QED) is 0.435. The van der Waals surface area contributed by atoms with Crippen molar-refractivity contribution >= 4 is 14.5 Å². The first-order valence-electron chi connectivity index (χ1n) is 6.10. The van der Waals surface area contributed by atoms with Gasteiger partial charge in [-0.3, -0.25) is 0 Å². The summed E-state index contributed by atoms with van der Waals surface area (Å²) in [6, 6.07) is 0. The van der Waals surface area contributed by atoms with Gasteiger partial charge in [-0.1, -0.05) is 20.8 Å². The largest absolute Gasteiger partial charge is 0.508 e. The fourth-order valence-electron chi connectivity index (χ4n) is 0.881. The zero-order chi connectivity index (χ0) is 14.4. The number of carbonyl (C=O) groups is 1. The van der Waals surface area contributed by atoms with Crippen molar-refractivity contribution < 1.29 is 18.7 Å². The Labute approximate surface area is 111 Å². The minimum absolute atomic E-state index is 0.204. The Morgan fingerprint density at radius 1 is 1.28 bits per heavy atom. The van der Waals surface area contributed by atoms with Gasteiger partial charge in [-0.25, -0.2) is 4.79 Å². The van der Waals surface area contributed by atoms with Crippen LogP contribution >= 0.6 is 0 Å². The molecule has 0 amide bonds. The Bertz CT molecular complexity index is 303. The molecule has 0 aromatic carbocycles. The Morgan fingerprint density at radius 3 is 2.28 bits per heavy atom. The lowest BCUT2D eigenvalue weighted by Gasteiger charge is -2.36. The summed E-state index contributed by atoms with van der Waals surface area (Å²) in [5.41, 5.74) is 1.06. The van der Waals surface area contributed by atoms with Gasteiger partial charge >= 0.3 is 6.16 Å². The van der Waals surface area contributed by atoms with Crippen LogP contribution < -0.4 is 0 Å². The van der Waals surface area contributed by atoms with Crippen LogP contribution in [-0.4, -0.2) is 34.8 Å². The minimum Gasteiger partial charge on any atom is -0.438 e. The Balaban J connectivity index is 4.14. The lowest BCUT2D eigenvalue weighted by atomic mass is 10.2. The zero-order valence-corrected chi connectivity index (χ0v) is 13.6. The van der Waals surface area contributed by atoms with E-state index in [0.717, 1.165) is 5.57 Å². The molecule has 0 spiro atoms. The molecule has 0 unspecified atom stereocenters. The van der Waals surface area contributed by atoms with E-state index in [1.54, 1.807) is 0 Å². The fourth-order valence-corrected chi connectivity index (χ4v) is 1.90. The highest BCUT2D eigenvalue weighted by molar-refractivity contribution is 6.74. The van der Waals surface area contributed by atoms with Crippen molar-refractivity contribution in [3.05, 3.63) is 11.6 Å². The van der Waals surface area contributed by atoms with Gasteiger partial charge in [0.2, 0.25) is 0 Å². The van der Waals surface area contributed by atoms with Crippen LogP contribution in [-0.2, 0) is 13.9 Å². The fraction of sp³-hybridized carbons (Fsp3) is 0.769. The second-order valence-electron chi connectivity index (χ2n) is 5.86. The van der Waals surface area contributed by atoms with Crippen LogP contribution in [0.5, 0.6) is 0 Å². The highest BCUT2D eigenvalue weighted by Gasteiger charge is 2.36. The molecule has 106 valence electrons. The highest BCUT2D eigenvalue weighted by atomic mass is 28.4. The van der Waals surface area contributed by atoms with Crippen molar-refractivity contribution in [2.45, 2.75) is 45.8 Å². The normalized spacial score (nSPS) is 13.4. The van der Waals surface area contributed by atoms with Gasteiger partial charge in [0.05, 0.1) is 13.7 Å². The van der Waals surface area contributed by atoms with E-state index in [1.807, 2.05) is 13.0 Å². The van der Waals surface area contributed by atoms with Crippen LogP contribution in [0, 0.1) is 0 Å². The third kappa shape index (κ3) is 6.21. The Hall–Kier alpha value is -0.813. The van der Waals surface area contributed by atoms with Gasteiger partial charge in [0.25, 0.3) is 0 Å². The van der Waals surface area contributed by atoms with Crippen molar-refractivity contribution in [1.29, 1.82) is 0 Å². The molecule has 0 saturated carbocycles. The molecule has 5 heteroatoms. The van der Waals surface area contributed by atoms with Gasteiger partial charge in [0.1, 0.15) is 6.61 Å². The molecule has 0 aliphatic carbocycles. The van der Waals surface area contributed by atoms with Crippen molar-refractivity contribution in [2.24, 2.45) is 0 Å². The number of carbonyl (C=O) groups excluding carboxylic acids is 1. The van der Waals surface area contributed by atoms with Crippen LogP contribution in [0.4, 0.5) is 4.79 Å². The molecule has 0 bridgehead atoms. The lowest BCUT2D eigenvalue weighted by molar-refractivity contribution is 0.0815. The molecule has 18 heavy (non-hydrogen) atoms. The second-order valence-corrected chi connectivity index (χ2v) is 10.7. The standard InChI is InChI=1S/C13H26O4Si/c1-11(8-9-16-12(14)15-5)10-17-18(6,7)13(2,3)4/h8H,9-10H2,1-7H3/b11-8-. The van der Waals surface area contributed by atoms with Gasteiger partial charge in [-0.05, 0) is 36.7 Å². The molecular formula is C13H26O4Si. The lowest BCUT2D eigenvalue weighted by Crippen LogP contribution is -2.41. The third-order valence-corrected chi connectivity index (χ3v) is 7.74. The SMILES string of the molecule is COC(=O)OC/C=C(/C)CO[Si](C)(C)C(C)(C)C. The number of ether oxygens (including phenoxy) is 2. The Morgan fingerprint density at radius 2 is 1.83 bits per heavy atom. The zero-order valence-electron chi connectivity index (χ0n) is 12.6. The molecule has 0 aromatic heterocycles. The van der Waals surface area contributed by atoms with Gasteiger partial charge < -0.3 is 13.9 Å². The molecule has 0 rings (SSSR count). The molecule has 0 saturated heterocycles. The predicted octanol–water partition coefficient (Wildman–Crippen LogP) is 3.74. The average Bonchev–Trinajstić information content (AvgIpc) is 2.24. The van der Waals surface area contributed by atoms with E-state index in [2.05, 4.69) is 38.6 Å². The Kier molecular flexibility index (Phi) is 6.63. The number of rotatable bonds is 5. The maximum Gasteiger partial charge on any atom is 0.508 e. The van der Waals surface area contributed by atoms with Crippen LogP contribution in [0.15, 0.2) is 11.6 Å². The topological polar surface area (TPSA) is 44.8 Å². The molecule has 0 fully saturated rings. The smallest absolute Gasteiger partial charge is 0.438 e. The van der Waals surface area contributed by atoms with Crippen molar-refractivity contribution in [3.8, 4) is 0 Å². The van der Waals surface area contributed by atoms with E-state index >= 15 is 0 Å². The van der Waals surface area contributed by atoms with Gasteiger partial charge in [0.15, 0.2) is 8.32 Å². The minimum atomic E-state index is -1.71. The van der Waals surface area contributed by atoms with E-state index in [4.69, 9.17) is 9.16 Å². The summed E-state index contributed by atoms with van der Waals surface area (Å²) in [5.74, 6) is 0. The number of hydrogen-bond donors (Lipinski definition) is 0. The van der Waals surface area contributed by atoms with E-state index in [9.17, 15) is 4.79 Å². The number of methoxy groups -OCH3 is 1. The van der Waals surface area contributed by atoms with Gasteiger partial charge in [-0.15, -0.1) is 0 Å². The molecule has 0 aliphatic heterocycles. The summed E-state index contributed by atoms with van der Waals surface area (Å²) in [5, 5.41) is 0.204. The first-order valence-corrected chi connectivity index (χ1v) is 9.01. The average molecular weight is 274 g/mol. The number of hydrogen-bond acceptors (Lipinski definition) is 4. The molecule has 4 nitrogen and oxygen atoms in total. The van der Waals surface area contributed by atoms with Crippen molar-refractivity contribution in [3.63, 3.8) is 0 Å². The highest BCUT2D eigenvalue weighted by Crippen LogP contribution is 2.36. The van der Waals surface area contributed by atoms with Crippen LogP contribution in [0.25, 0.3) is 0 Å². The molecule has 0 radical (unpaired) electrons. The van der Waals surface area contributed by atoms with Gasteiger partial charge in [0, 0.05) is 0 Å². The summed E-state index contributed by atoms with van der Waals surface area (Å²) in [6.45, 7) is 13.8. The summed E-state index contributed by atoms with van der Waals surface area (Å²) in [7, 11) is -0.418. The molecule has 0 heterocycles. The maximum atomic E-state index is 10.7. The van der Waals surface area contributed by atoms with Crippen LogP contribution in [0.2, 0.25) is 18.1 Å². The monoisotopic (exact) mass is 274 g/mol. The molecule has 0 atom stereocenters. The summed E-state index contributed by atoms with van der Waals surface area (Å²) >= 11 is 0. The first-order chi connectivity index (χ1) is 8.10. The van der Waals surface area contributed by atoms with Gasteiger partial charge in [-0.2, -0.15) is 0 Å². The van der Waals surface area contributed by atoms with Crippen molar-refractivity contribution in [2.75, 3.05) is 20.3 Å². The second kappa shape index (κ2) is 6.94. The summed E-state index contributed by atoms with van der Waals surface area (Å²) in [6.07, 6.45) is 1.17. The molecular weight excluding hydrogens is 248 g/mol. The van der Waals surface area contributed by atoms with E-state index in [-0.39, 0.29) is 11.6 Å². The maximum absolute atomic E-state index is 10.7. The van der Waals surface area contributed by atoms with E-state index in [0.29, 0.717) is 6.61 Å². The van der Waals surface area contributed by atoms with Crippen LogP contribution in [0.3, 0.4) is 0 Å². The predicted molar refractivity (Wildman–Crippen MR) is 75.3 cm³/mol. The van der Waals surface area contributed by atoms with Crippen LogP contribution in [0.1, 0.15) is 27.7 Å². The summed E-state index contributed by atoms with van der Waals surface area (Å²) < 4.78 is 15.2. The van der Waals surface area contributed by atoms with E-state index in [1.165, 1.54) is 7.11 Å². The van der Waals surface area contributed by atoms with Crippen molar-refractivity contribution in [1.82, 2.24) is 0 Å². The summed E-state index contributed by atoms with van der Waals surface area (Å²) in [4.78, 5) is 10.7. The molecule has 0 N–H and O–H groups in total. The third-order valence-electron chi connectivity index (χ3n) is 3.27. The first kappa shape index (κ1) is 17.2. The molecule has 0 aromatic rings.